The number of nitrogens with zero attached hydrogens (tertiary/aromatic N) is 1. The highest BCUT2D eigenvalue weighted by Gasteiger charge is 2.34. The van der Waals surface area contributed by atoms with Gasteiger partial charge in [0.15, 0.2) is 0 Å². The van der Waals surface area contributed by atoms with Crippen molar-refractivity contribution in [1.82, 2.24) is 4.31 Å². The van der Waals surface area contributed by atoms with Crippen molar-refractivity contribution in [1.29, 1.82) is 0 Å². The molecule has 0 saturated heterocycles. The molecule has 0 unspecified atom stereocenters. The number of likely N-dealkylation sites (N-methyl/N-ethyl adjacent to an activating group) is 1. The van der Waals surface area contributed by atoms with E-state index in [-0.39, 0.29) is 11.5 Å². The summed E-state index contributed by atoms with van der Waals surface area (Å²) in [7, 11) is -2.17. The Morgan fingerprint density at radius 3 is 2.35 bits per heavy atom. The van der Waals surface area contributed by atoms with Gasteiger partial charge in [0, 0.05) is 12.4 Å². The van der Waals surface area contributed by atoms with Crippen molar-refractivity contribution in [2.75, 3.05) is 13.7 Å². The lowest BCUT2D eigenvalue weighted by molar-refractivity contribution is 0.138. The Balaban J connectivity index is 2.64. The monoisotopic (exact) mass is 293 g/mol. The van der Waals surface area contributed by atoms with E-state index in [1.54, 1.807) is 32.0 Å². The SMILES string of the molecule is CN(C(C)(C)CO)S(=O)(=O)c1cccc2ccccc12. The molecule has 20 heavy (non-hydrogen) atoms. The number of benzene rings is 2. The van der Waals surface area contributed by atoms with Crippen LogP contribution >= 0.6 is 0 Å². The van der Waals surface area contributed by atoms with Crippen LogP contribution in [0, 0.1) is 0 Å². The van der Waals surface area contributed by atoms with Crippen LogP contribution in [0.25, 0.3) is 10.8 Å². The lowest BCUT2D eigenvalue weighted by Gasteiger charge is -2.33. The number of hydrogen-bond donors (Lipinski definition) is 1. The van der Waals surface area contributed by atoms with Crippen LogP contribution in [0.3, 0.4) is 0 Å². The average Bonchev–Trinajstić information content (AvgIpc) is 2.45. The zero-order valence-electron chi connectivity index (χ0n) is 11.9. The van der Waals surface area contributed by atoms with Crippen LogP contribution in [0.15, 0.2) is 47.4 Å². The minimum absolute atomic E-state index is 0.243. The number of aliphatic hydroxyl groups is 1. The highest BCUT2D eigenvalue weighted by molar-refractivity contribution is 7.89. The second-order valence-electron chi connectivity index (χ2n) is 5.42. The summed E-state index contributed by atoms with van der Waals surface area (Å²) >= 11 is 0. The molecular formula is C15H19NO3S. The van der Waals surface area contributed by atoms with Gasteiger partial charge in [-0.05, 0) is 25.3 Å². The molecular weight excluding hydrogens is 274 g/mol. The first kappa shape index (κ1) is 15.0. The van der Waals surface area contributed by atoms with Crippen molar-refractivity contribution in [3.63, 3.8) is 0 Å². The Kier molecular flexibility index (Phi) is 3.86. The maximum atomic E-state index is 12.8. The van der Waals surface area contributed by atoms with Gasteiger partial charge in [-0.3, -0.25) is 0 Å². The summed E-state index contributed by atoms with van der Waals surface area (Å²) in [4.78, 5) is 0.264. The van der Waals surface area contributed by atoms with Crippen LogP contribution in [0.1, 0.15) is 13.8 Å². The van der Waals surface area contributed by atoms with E-state index in [4.69, 9.17) is 0 Å². The average molecular weight is 293 g/mol. The minimum Gasteiger partial charge on any atom is -0.394 e. The minimum atomic E-state index is -3.66. The van der Waals surface area contributed by atoms with E-state index >= 15 is 0 Å². The number of sulfonamides is 1. The standard InChI is InChI=1S/C15H19NO3S/c1-15(2,11-17)16(3)20(18,19)14-10-6-8-12-7-4-5-9-13(12)14/h4-10,17H,11H2,1-3H3. The first-order chi connectivity index (χ1) is 9.30. The van der Waals surface area contributed by atoms with Crippen LogP contribution in [-0.2, 0) is 10.0 Å². The van der Waals surface area contributed by atoms with E-state index < -0.39 is 15.6 Å². The van der Waals surface area contributed by atoms with E-state index in [0.717, 1.165) is 5.39 Å². The van der Waals surface area contributed by atoms with E-state index in [9.17, 15) is 13.5 Å². The second-order valence-corrected chi connectivity index (χ2v) is 7.36. The Labute approximate surface area is 119 Å². The fourth-order valence-electron chi connectivity index (χ4n) is 1.99. The molecule has 0 fully saturated rings. The molecule has 0 spiro atoms. The topological polar surface area (TPSA) is 57.6 Å². The molecule has 0 bridgehead atoms. The van der Waals surface area contributed by atoms with Crippen molar-refractivity contribution in [3.05, 3.63) is 42.5 Å². The third-order valence-electron chi connectivity index (χ3n) is 3.63. The van der Waals surface area contributed by atoms with Gasteiger partial charge in [0.05, 0.1) is 17.0 Å². The van der Waals surface area contributed by atoms with Crippen LogP contribution < -0.4 is 0 Å². The number of hydrogen-bond acceptors (Lipinski definition) is 3. The summed E-state index contributed by atoms with van der Waals surface area (Å²) in [6.07, 6.45) is 0. The van der Waals surface area contributed by atoms with Crippen LogP contribution in [0.4, 0.5) is 0 Å². The molecule has 0 aliphatic carbocycles. The fraction of sp³-hybridized carbons (Fsp3) is 0.333. The highest BCUT2D eigenvalue weighted by atomic mass is 32.2. The van der Waals surface area contributed by atoms with Crippen molar-refractivity contribution in [2.45, 2.75) is 24.3 Å². The quantitative estimate of drug-likeness (QED) is 0.940. The van der Waals surface area contributed by atoms with Gasteiger partial charge in [0.2, 0.25) is 10.0 Å². The second kappa shape index (κ2) is 5.16. The molecule has 0 heterocycles. The van der Waals surface area contributed by atoms with Gasteiger partial charge in [0.25, 0.3) is 0 Å². The predicted octanol–water partition coefficient (Wildman–Crippen LogP) is 2.23. The van der Waals surface area contributed by atoms with Crippen molar-refractivity contribution >= 4 is 20.8 Å². The molecule has 1 N–H and O–H groups in total. The summed E-state index contributed by atoms with van der Waals surface area (Å²) in [5.74, 6) is 0. The van der Waals surface area contributed by atoms with Crippen LogP contribution in [0.2, 0.25) is 0 Å². The Hall–Kier alpha value is -1.43. The zero-order valence-corrected chi connectivity index (χ0v) is 12.7. The third-order valence-corrected chi connectivity index (χ3v) is 5.75. The molecule has 0 aliphatic heterocycles. The molecule has 2 aromatic rings. The Bertz CT molecular complexity index is 717. The highest BCUT2D eigenvalue weighted by Crippen LogP contribution is 2.28. The van der Waals surface area contributed by atoms with Gasteiger partial charge in [0.1, 0.15) is 0 Å². The van der Waals surface area contributed by atoms with Crippen molar-refractivity contribution in [3.8, 4) is 0 Å². The maximum Gasteiger partial charge on any atom is 0.244 e. The van der Waals surface area contributed by atoms with Gasteiger partial charge in [-0.1, -0.05) is 36.4 Å². The lowest BCUT2D eigenvalue weighted by Crippen LogP contribution is -2.47. The number of rotatable bonds is 4. The molecule has 2 aromatic carbocycles. The lowest BCUT2D eigenvalue weighted by atomic mass is 10.1. The summed E-state index contributed by atoms with van der Waals surface area (Å²) in [5, 5.41) is 11.0. The summed E-state index contributed by atoms with van der Waals surface area (Å²) < 4.78 is 26.8. The maximum absolute atomic E-state index is 12.8. The molecule has 108 valence electrons. The van der Waals surface area contributed by atoms with Gasteiger partial charge in [-0.15, -0.1) is 0 Å². The van der Waals surface area contributed by atoms with Gasteiger partial charge < -0.3 is 5.11 Å². The molecule has 4 nitrogen and oxygen atoms in total. The fourth-order valence-corrected chi connectivity index (χ4v) is 3.71. The molecule has 0 radical (unpaired) electrons. The summed E-state index contributed by atoms with van der Waals surface area (Å²) in [6.45, 7) is 3.14. The first-order valence-electron chi connectivity index (χ1n) is 6.38. The Morgan fingerprint density at radius 1 is 1.10 bits per heavy atom. The van der Waals surface area contributed by atoms with E-state index in [2.05, 4.69) is 0 Å². The molecule has 0 atom stereocenters. The number of fused-ring (bicyclic) bond motifs is 1. The smallest absolute Gasteiger partial charge is 0.244 e. The predicted molar refractivity (Wildman–Crippen MR) is 80.1 cm³/mol. The van der Waals surface area contributed by atoms with Gasteiger partial charge in [-0.2, -0.15) is 4.31 Å². The first-order valence-corrected chi connectivity index (χ1v) is 7.82. The Morgan fingerprint density at radius 2 is 1.70 bits per heavy atom. The molecule has 2 rings (SSSR count). The zero-order chi connectivity index (χ0) is 15.0. The third kappa shape index (κ3) is 2.44. The molecule has 0 amide bonds. The summed E-state index contributed by atoms with van der Waals surface area (Å²) in [6, 6.07) is 12.6. The molecule has 0 aliphatic rings. The number of aliphatic hydroxyl groups excluding tert-OH is 1. The largest absolute Gasteiger partial charge is 0.394 e. The van der Waals surface area contributed by atoms with Gasteiger partial charge >= 0.3 is 0 Å². The van der Waals surface area contributed by atoms with Crippen molar-refractivity contribution < 1.29 is 13.5 Å². The normalized spacial score (nSPS) is 13.1. The van der Waals surface area contributed by atoms with Gasteiger partial charge in [-0.25, -0.2) is 8.42 Å². The van der Waals surface area contributed by atoms with Crippen LogP contribution in [-0.4, -0.2) is 37.0 Å². The van der Waals surface area contributed by atoms with E-state index in [1.165, 1.54) is 11.4 Å². The molecule has 5 heteroatoms. The summed E-state index contributed by atoms with van der Waals surface area (Å²) in [5.41, 5.74) is -0.851. The van der Waals surface area contributed by atoms with E-state index in [0.29, 0.717) is 5.39 Å². The van der Waals surface area contributed by atoms with E-state index in [1.807, 2.05) is 24.3 Å². The molecule has 0 aromatic heterocycles. The van der Waals surface area contributed by atoms with Crippen molar-refractivity contribution in [2.24, 2.45) is 0 Å². The van der Waals surface area contributed by atoms with Crippen LogP contribution in [0.5, 0.6) is 0 Å². The molecule has 0 saturated carbocycles.